The van der Waals surface area contributed by atoms with Crippen LogP contribution in [0.2, 0.25) is 12.6 Å². The molecule has 1 N–H and O–H groups in total. The molecule has 55 valence electrons. The molecule has 0 aliphatic rings. The third-order valence-electron chi connectivity index (χ3n) is 0.770. The van der Waals surface area contributed by atoms with Gasteiger partial charge in [0, 0.05) is 6.42 Å². The van der Waals surface area contributed by atoms with Crippen LogP contribution in [0.4, 0.5) is 13.2 Å². The van der Waals surface area contributed by atoms with E-state index in [2.05, 4.69) is 0 Å². The topological polar surface area (TPSA) is 20.2 Å². The van der Waals surface area contributed by atoms with Crippen LogP contribution in [0.5, 0.6) is 0 Å². The van der Waals surface area contributed by atoms with Crippen molar-refractivity contribution in [1.29, 1.82) is 0 Å². The molecule has 5 heteroatoms. The summed E-state index contributed by atoms with van der Waals surface area (Å²) in [6, 6.07) is -0.103. The summed E-state index contributed by atoms with van der Waals surface area (Å²) in [4.78, 5) is 8.52. The largest absolute Gasteiger partial charge is 0.432 e. The number of hydrogen-bond acceptors (Lipinski definition) is 1. The van der Waals surface area contributed by atoms with Gasteiger partial charge in [-0.15, -0.1) is 0 Å². The van der Waals surface area contributed by atoms with E-state index in [1.165, 1.54) is 6.55 Å². The van der Waals surface area contributed by atoms with Crippen molar-refractivity contribution in [2.24, 2.45) is 0 Å². The lowest BCUT2D eigenvalue weighted by molar-refractivity contribution is -0.130. The fraction of sp³-hybridized carbons (Fsp3) is 1.00. The highest BCUT2D eigenvalue weighted by atomic mass is 28.3. The summed E-state index contributed by atoms with van der Waals surface area (Å²) in [6.07, 6.45) is -4.96. The second kappa shape index (κ2) is 3.22. The second-order valence-corrected chi connectivity index (χ2v) is 3.82. The first-order chi connectivity index (χ1) is 3.92. The van der Waals surface area contributed by atoms with Crippen molar-refractivity contribution in [3.8, 4) is 0 Å². The second-order valence-electron chi connectivity index (χ2n) is 1.85. The van der Waals surface area contributed by atoms with E-state index in [1.807, 2.05) is 0 Å². The van der Waals surface area contributed by atoms with E-state index in [4.69, 9.17) is 4.80 Å². The zero-order chi connectivity index (χ0) is 7.49. The summed E-state index contributed by atoms with van der Waals surface area (Å²) < 4.78 is 34.0. The molecular weight excluding hydrogens is 149 g/mol. The lowest BCUT2D eigenvalue weighted by Gasteiger charge is -2.04. The van der Waals surface area contributed by atoms with Crippen molar-refractivity contribution in [2.45, 2.75) is 25.2 Å². The Labute approximate surface area is 53.2 Å². The van der Waals surface area contributed by atoms with Gasteiger partial charge in [-0.1, -0.05) is 0 Å². The zero-order valence-corrected chi connectivity index (χ0v) is 6.00. The molecule has 0 aliphatic carbocycles. The Morgan fingerprint density at radius 1 is 1.44 bits per heavy atom. The Kier molecular flexibility index (Phi) is 3.20. The van der Waals surface area contributed by atoms with Crippen molar-refractivity contribution in [3.63, 3.8) is 0 Å². The average Bonchev–Trinajstić information content (AvgIpc) is 1.59. The van der Waals surface area contributed by atoms with E-state index in [0.29, 0.717) is 0 Å². The quantitative estimate of drug-likeness (QED) is 0.603. The Hall–Kier alpha value is -0.0331. The van der Waals surface area contributed by atoms with Crippen molar-refractivity contribution in [2.75, 3.05) is 0 Å². The minimum absolute atomic E-state index is 0.103. The van der Waals surface area contributed by atoms with Crippen LogP contribution < -0.4 is 0 Å². The molecule has 0 fully saturated rings. The average molecular weight is 157 g/mol. The van der Waals surface area contributed by atoms with Gasteiger partial charge in [-0.2, -0.15) is 13.2 Å². The van der Waals surface area contributed by atoms with E-state index in [0.717, 1.165) is 0 Å². The Morgan fingerprint density at radius 3 is 2.00 bits per heavy atom. The van der Waals surface area contributed by atoms with E-state index in [9.17, 15) is 13.2 Å². The normalized spacial score (nSPS) is 12.7. The standard InChI is InChI=1S/C4H8F3OSi/c1-9(8)3-2-4(5,6)7/h8H,2-3H2,1H3. The summed E-state index contributed by atoms with van der Waals surface area (Å²) in [5.74, 6) is 0. The van der Waals surface area contributed by atoms with Crippen molar-refractivity contribution < 1.29 is 18.0 Å². The Balaban J connectivity index is 3.28. The van der Waals surface area contributed by atoms with Crippen molar-refractivity contribution >= 4 is 9.04 Å². The first kappa shape index (κ1) is 8.97. The third kappa shape index (κ3) is 7.97. The molecule has 1 nitrogen and oxygen atoms in total. The number of hydrogen-bond donors (Lipinski definition) is 1. The molecule has 0 atom stereocenters. The number of rotatable bonds is 2. The lowest BCUT2D eigenvalue weighted by Crippen LogP contribution is -2.13. The molecular formula is C4H8F3OSi. The number of alkyl halides is 3. The maximum atomic E-state index is 11.3. The first-order valence-electron chi connectivity index (χ1n) is 2.50. The smallest absolute Gasteiger partial charge is 0.388 e. The van der Waals surface area contributed by atoms with Gasteiger partial charge in [0.15, 0.2) is 0 Å². The van der Waals surface area contributed by atoms with Crippen molar-refractivity contribution in [3.05, 3.63) is 0 Å². The van der Waals surface area contributed by atoms with Gasteiger partial charge in [0.05, 0.1) is 0 Å². The van der Waals surface area contributed by atoms with Gasteiger partial charge >= 0.3 is 6.18 Å². The van der Waals surface area contributed by atoms with Gasteiger partial charge in [-0.3, -0.25) is 0 Å². The van der Waals surface area contributed by atoms with Gasteiger partial charge in [0.25, 0.3) is 0 Å². The molecule has 0 heterocycles. The van der Waals surface area contributed by atoms with E-state index in [1.54, 1.807) is 0 Å². The molecule has 0 aliphatic heterocycles. The van der Waals surface area contributed by atoms with Crippen LogP contribution in [0.25, 0.3) is 0 Å². The molecule has 0 amide bonds. The summed E-state index contributed by atoms with van der Waals surface area (Å²) in [5, 5.41) is 0. The van der Waals surface area contributed by atoms with Gasteiger partial charge in [-0.25, -0.2) is 0 Å². The fourth-order valence-electron chi connectivity index (χ4n) is 0.323. The summed E-state index contributed by atoms with van der Waals surface area (Å²) in [7, 11) is -1.69. The summed E-state index contributed by atoms with van der Waals surface area (Å²) in [5.41, 5.74) is 0. The van der Waals surface area contributed by atoms with Crippen LogP contribution in [0, 0.1) is 0 Å². The summed E-state index contributed by atoms with van der Waals surface area (Å²) >= 11 is 0. The molecule has 0 spiro atoms. The van der Waals surface area contributed by atoms with Crippen LogP contribution in [0.3, 0.4) is 0 Å². The first-order valence-corrected chi connectivity index (χ1v) is 4.65. The SMILES string of the molecule is C[Si](O)CCC(F)(F)F. The monoisotopic (exact) mass is 157 g/mol. The highest BCUT2D eigenvalue weighted by Gasteiger charge is 2.27. The van der Waals surface area contributed by atoms with Gasteiger partial charge in [0.2, 0.25) is 9.04 Å². The summed E-state index contributed by atoms with van der Waals surface area (Å²) in [6.45, 7) is 1.44. The molecule has 9 heavy (non-hydrogen) atoms. The minimum Gasteiger partial charge on any atom is -0.432 e. The predicted octanol–water partition coefficient (Wildman–Crippen LogP) is 1.55. The fourth-order valence-corrected chi connectivity index (χ4v) is 0.968. The van der Waals surface area contributed by atoms with Gasteiger partial charge < -0.3 is 4.80 Å². The molecule has 0 unspecified atom stereocenters. The third-order valence-corrected chi connectivity index (χ3v) is 1.74. The molecule has 0 aromatic rings. The highest BCUT2D eigenvalue weighted by molar-refractivity contribution is 6.48. The van der Waals surface area contributed by atoms with E-state index < -0.39 is 21.6 Å². The molecule has 0 saturated carbocycles. The lowest BCUT2D eigenvalue weighted by atomic mass is 10.5. The maximum absolute atomic E-state index is 11.3. The minimum atomic E-state index is -4.10. The number of halogens is 3. The van der Waals surface area contributed by atoms with Crippen LogP contribution in [0.15, 0.2) is 0 Å². The van der Waals surface area contributed by atoms with Gasteiger partial charge in [0.1, 0.15) is 0 Å². The molecule has 0 rings (SSSR count). The van der Waals surface area contributed by atoms with Crippen LogP contribution in [-0.2, 0) is 0 Å². The van der Waals surface area contributed by atoms with Gasteiger partial charge in [-0.05, 0) is 12.6 Å². The Morgan fingerprint density at radius 2 is 1.89 bits per heavy atom. The maximum Gasteiger partial charge on any atom is 0.388 e. The van der Waals surface area contributed by atoms with E-state index in [-0.39, 0.29) is 6.04 Å². The molecule has 0 bridgehead atoms. The van der Waals surface area contributed by atoms with Crippen molar-refractivity contribution in [1.82, 2.24) is 0 Å². The molecule has 0 aromatic carbocycles. The van der Waals surface area contributed by atoms with E-state index >= 15 is 0 Å². The predicted molar refractivity (Wildman–Crippen MR) is 29.3 cm³/mol. The Bertz CT molecular complexity index is 80.4. The van der Waals surface area contributed by atoms with Crippen LogP contribution in [0.1, 0.15) is 6.42 Å². The zero-order valence-electron chi connectivity index (χ0n) is 5.00. The molecule has 0 aromatic heterocycles. The molecule has 0 saturated heterocycles. The van der Waals surface area contributed by atoms with Crippen LogP contribution >= 0.6 is 0 Å². The highest BCUT2D eigenvalue weighted by Crippen LogP contribution is 2.21. The van der Waals surface area contributed by atoms with Crippen LogP contribution in [-0.4, -0.2) is 20.0 Å². The molecule has 1 radical (unpaired) electrons.